The highest BCUT2D eigenvalue weighted by Gasteiger charge is 2.07. The van der Waals surface area contributed by atoms with Gasteiger partial charge in [0.15, 0.2) is 0 Å². The summed E-state index contributed by atoms with van der Waals surface area (Å²) in [5, 5.41) is 7.03. The van der Waals surface area contributed by atoms with Crippen LogP contribution in [0.4, 0.5) is 5.82 Å². The molecule has 2 N–H and O–H groups in total. The molecule has 5 nitrogen and oxygen atoms in total. The quantitative estimate of drug-likeness (QED) is 0.838. The van der Waals surface area contributed by atoms with E-state index in [1.807, 2.05) is 26.0 Å². The molecule has 0 bridgehead atoms. The van der Waals surface area contributed by atoms with Crippen LogP contribution >= 0.6 is 0 Å². The molecule has 5 heteroatoms. The average molecular weight is 261 g/mol. The lowest BCUT2D eigenvalue weighted by molar-refractivity contribution is -0.121. The molecule has 0 saturated heterocycles. The minimum Gasteiger partial charge on any atom is -0.464 e. The Bertz CT molecular complexity index is 550. The van der Waals surface area contributed by atoms with Crippen LogP contribution in [-0.2, 0) is 4.79 Å². The van der Waals surface area contributed by atoms with Crippen molar-refractivity contribution in [1.82, 2.24) is 10.3 Å². The Hall–Kier alpha value is -2.04. The summed E-state index contributed by atoms with van der Waals surface area (Å²) in [5.74, 6) is 0.809. The van der Waals surface area contributed by atoms with Gasteiger partial charge in [-0.05, 0) is 25.5 Å². The number of amides is 1. The first kappa shape index (κ1) is 13.4. The van der Waals surface area contributed by atoms with Crippen molar-refractivity contribution in [2.24, 2.45) is 0 Å². The normalized spacial score (nSPS) is 12.3. The first-order valence-electron chi connectivity index (χ1n) is 6.56. The second kappa shape index (κ2) is 6.22. The molecule has 2 aromatic rings. The smallest absolute Gasteiger partial charge is 0.221 e. The summed E-state index contributed by atoms with van der Waals surface area (Å²) in [7, 11) is 0. The summed E-state index contributed by atoms with van der Waals surface area (Å²) >= 11 is 0. The van der Waals surface area contributed by atoms with Gasteiger partial charge in [-0.1, -0.05) is 6.92 Å². The molecule has 2 aromatic heterocycles. The third-order valence-corrected chi connectivity index (χ3v) is 3.04. The predicted octanol–water partition coefficient (Wildman–Crippen LogP) is 2.54. The number of hydrogen-bond acceptors (Lipinski definition) is 4. The fraction of sp³-hybridized carbons (Fsp3) is 0.429. The fourth-order valence-electron chi connectivity index (χ4n) is 1.78. The van der Waals surface area contributed by atoms with E-state index in [2.05, 4.69) is 15.6 Å². The van der Waals surface area contributed by atoms with Crippen LogP contribution < -0.4 is 10.6 Å². The average Bonchev–Trinajstić information content (AvgIpc) is 2.87. The van der Waals surface area contributed by atoms with Crippen LogP contribution in [0.5, 0.6) is 0 Å². The molecular formula is C14H19N3O2. The van der Waals surface area contributed by atoms with Gasteiger partial charge in [0.1, 0.15) is 11.4 Å². The Morgan fingerprint density at radius 3 is 3.11 bits per heavy atom. The molecule has 0 saturated carbocycles. The Morgan fingerprint density at radius 1 is 1.47 bits per heavy atom. The molecule has 0 aliphatic rings. The molecule has 0 radical (unpaired) electrons. The second-order valence-corrected chi connectivity index (χ2v) is 4.55. The Labute approximate surface area is 112 Å². The number of carbonyl (C=O) groups is 1. The SMILES string of the molecule is CCC(C)NC(=O)CCNc1nccc2occc12. The summed E-state index contributed by atoms with van der Waals surface area (Å²) in [4.78, 5) is 15.9. The van der Waals surface area contributed by atoms with Gasteiger partial charge in [-0.3, -0.25) is 4.79 Å². The molecule has 0 aromatic carbocycles. The Morgan fingerprint density at radius 2 is 2.32 bits per heavy atom. The van der Waals surface area contributed by atoms with Crippen molar-refractivity contribution < 1.29 is 9.21 Å². The van der Waals surface area contributed by atoms with E-state index in [0.29, 0.717) is 13.0 Å². The monoisotopic (exact) mass is 261 g/mol. The van der Waals surface area contributed by atoms with Crippen LogP contribution in [0, 0.1) is 0 Å². The number of pyridine rings is 1. The van der Waals surface area contributed by atoms with E-state index >= 15 is 0 Å². The van der Waals surface area contributed by atoms with Crippen molar-refractivity contribution in [3.05, 3.63) is 24.6 Å². The van der Waals surface area contributed by atoms with Crippen molar-refractivity contribution in [3.63, 3.8) is 0 Å². The molecular weight excluding hydrogens is 242 g/mol. The minimum absolute atomic E-state index is 0.0567. The van der Waals surface area contributed by atoms with Crippen LogP contribution in [0.1, 0.15) is 26.7 Å². The van der Waals surface area contributed by atoms with E-state index in [4.69, 9.17) is 4.42 Å². The standard InChI is InChI=1S/C14H19N3O2/c1-3-10(2)17-13(18)5-8-16-14-11-6-9-19-12(11)4-7-15-14/h4,6-7,9-10H,3,5,8H2,1-2H3,(H,15,16)(H,17,18). The van der Waals surface area contributed by atoms with E-state index in [-0.39, 0.29) is 11.9 Å². The minimum atomic E-state index is 0.0567. The summed E-state index contributed by atoms with van der Waals surface area (Å²) in [5.41, 5.74) is 0.793. The lowest BCUT2D eigenvalue weighted by Crippen LogP contribution is -2.33. The van der Waals surface area contributed by atoms with Gasteiger partial charge in [0.05, 0.1) is 11.6 Å². The lowest BCUT2D eigenvalue weighted by atomic mass is 10.2. The number of nitrogens with one attached hydrogen (secondary N) is 2. The van der Waals surface area contributed by atoms with Gasteiger partial charge in [0.25, 0.3) is 0 Å². The molecule has 1 atom stereocenters. The number of nitrogens with zero attached hydrogens (tertiary/aromatic N) is 1. The van der Waals surface area contributed by atoms with Crippen molar-refractivity contribution in [2.75, 3.05) is 11.9 Å². The van der Waals surface area contributed by atoms with Crippen LogP contribution in [0.2, 0.25) is 0 Å². The third kappa shape index (κ3) is 3.47. The summed E-state index contributed by atoms with van der Waals surface area (Å²) in [6, 6.07) is 3.91. The van der Waals surface area contributed by atoms with Crippen LogP contribution in [0.3, 0.4) is 0 Å². The van der Waals surface area contributed by atoms with Gasteiger partial charge >= 0.3 is 0 Å². The van der Waals surface area contributed by atoms with E-state index in [1.165, 1.54) is 0 Å². The summed E-state index contributed by atoms with van der Waals surface area (Å²) in [6.07, 6.45) is 4.69. The molecule has 0 spiro atoms. The molecule has 0 fully saturated rings. The highest BCUT2D eigenvalue weighted by Crippen LogP contribution is 2.21. The third-order valence-electron chi connectivity index (χ3n) is 3.04. The molecule has 19 heavy (non-hydrogen) atoms. The number of fused-ring (bicyclic) bond motifs is 1. The topological polar surface area (TPSA) is 67.2 Å². The van der Waals surface area contributed by atoms with Crippen LogP contribution in [0.25, 0.3) is 11.0 Å². The highest BCUT2D eigenvalue weighted by molar-refractivity contribution is 5.88. The van der Waals surface area contributed by atoms with E-state index in [9.17, 15) is 4.79 Å². The number of aromatic nitrogens is 1. The van der Waals surface area contributed by atoms with Crippen molar-refractivity contribution >= 4 is 22.7 Å². The van der Waals surface area contributed by atoms with Crippen LogP contribution in [-0.4, -0.2) is 23.5 Å². The van der Waals surface area contributed by atoms with Crippen molar-refractivity contribution in [1.29, 1.82) is 0 Å². The summed E-state index contributed by atoms with van der Waals surface area (Å²) < 4.78 is 5.29. The number of furan rings is 1. The lowest BCUT2D eigenvalue weighted by Gasteiger charge is -2.11. The number of rotatable bonds is 6. The number of anilines is 1. The number of carbonyl (C=O) groups excluding carboxylic acids is 1. The van der Waals surface area contributed by atoms with Gasteiger partial charge in [-0.25, -0.2) is 4.98 Å². The van der Waals surface area contributed by atoms with E-state index in [1.54, 1.807) is 12.5 Å². The zero-order valence-electron chi connectivity index (χ0n) is 11.3. The van der Waals surface area contributed by atoms with E-state index in [0.717, 1.165) is 23.2 Å². The Balaban J connectivity index is 1.86. The zero-order chi connectivity index (χ0) is 13.7. The molecule has 1 unspecified atom stereocenters. The molecule has 0 aliphatic carbocycles. The van der Waals surface area contributed by atoms with Crippen molar-refractivity contribution in [2.45, 2.75) is 32.7 Å². The molecule has 102 valence electrons. The van der Waals surface area contributed by atoms with Gasteiger partial charge in [0.2, 0.25) is 5.91 Å². The molecule has 2 heterocycles. The summed E-state index contributed by atoms with van der Waals surface area (Å²) in [6.45, 7) is 4.60. The van der Waals surface area contributed by atoms with Crippen LogP contribution in [0.15, 0.2) is 29.0 Å². The van der Waals surface area contributed by atoms with Gasteiger partial charge < -0.3 is 15.1 Å². The van der Waals surface area contributed by atoms with Gasteiger partial charge in [0, 0.05) is 25.2 Å². The van der Waals surface area contributed by atoms with Crippen molar-refractivity contribution in [3.8, 4) is 0 Å². The fourth-order valence-corrected chi connectivity index (χ4v) is 1.78. The van der Waals surface area contributed by atoms with E-state index < -0.39 is 0 Å². The first-order valence-corrected chi connectivity index (χ1v) is 6.56. The van der Waals surface area contributed by atoms with Gasteiger partial charge in [-0.2, -0.15) is 0 Å². The molecule has 2 rings (SSSR count). The zero-order valence-corrected chi connectivity index (χ0v) is 11.3. The maximum absolute atomic E-state index is 11.6. The second-order valence-electron chi connectivity index (χ2n) is 4.55. The Kier molecular flexibility index (Phi) is 4.39. The maximum Gasteiger partial charge on any atom is 0.221 e. The largest absolute Gasteiger partial charge is 0.464 e. The molecule has 1 amide bonds. The highest BCUT2D eigenvalue weighted by atomic mass is 16.3. The maximum atomic E-state index is 11.6. The van der Waals surface area contributed by atoms with Gasteiger partial charge in [-0.15, -0.1) is 0 Å². The molecule has 0 aliphatic heterocycles. The predicted molar refractivity (Wildman–Crippen MR) is 75.0 cm³/mol. The first-order chi connectivity index (χ1) is 9.20. The number of hydrogen-bond donors (Lipinski definition) is 2.